The van der Waals surface area contributed by atoms with Crippen molar-refractivity contribution >= 4 is 29.1 Å². The van der Waals surface area contributed by atoms with Gasteiger partial charge in [0.25, 0.3) is 0 Å². The second kappa shape index (κ2) is 7.18. The van der Waals surface area contributed by atoms with Crippen LogP contribution < -0.4 is 11.1 Å². The largest absolute Gasteiger partial charge is 0.348 e. The summed E-state index contributed by atoms with van der Waals surface area (Å²) < 4.78 is 10.0. The van der Waals surface area contributed by atoms with E-state index in [1.165, 1.54) is 0 Å². The van der Waals surface area contributed by atoms with E-state index in [0.717, 1.165) is 5.56 Å². The molecule has 5 nitrogen and oxygen atoms in total. The molecule has 1 amide bonds. The fourth-order valence-corrected chi connectivity index (χ4v) is 4.13. The van der Waals surface area contributed by atoms with Crippen LogP contribution in [0.3, 0.4) is 0 Å². The molecule has 1 aromatic rings. The Kier molecular flexibility index (Phi) is 5.37. The number of amides is 1. The van der Waals surface area contributed by atoms with E-state index in [9.17, 15) is 4.79 Å². The average molecular weight is 373 g/mol. The number of benzene rings is 1. The van der Waals surface area contributed by atoms with Crippen LogP contribution in [0.2, 0.25) is 0 Å². The normalized spacial score (nSPS) is 26.5. The van der Waals surface area contributed by atoms with Crippen molar-refractivity contribution in [2.45, 2.75) is 42.0 Å². The third-order valence-electron chi connectivity index (χ3n) is 4.70. The average Bonchev–Trinajstić information content (AvgIpc) is 2.98. The summed E-state index contributed by atoms with van der Waals surface area (Å²) in [5.41, 5.74) is 7.11. The van der Waals surface area contributed by atoms with Gasteiger partial charge < -0.3 is 20.5 Å². The number of nitrogens with one attached hydrogen (secondary N) is 1. The molecule has 1 aliphatic heterocycles. The number of ether oxygens (including phenoxy) is 2. The number of nitrogens with two attached hydrogens (primary N) is 1. The molecule has 3 rings (SSSR count). The highest BCUT2D eigenvalue weighted by Gasteiger charge is 2.51. The minimum atomic E-state index is -1.46. The lowest BCUT2D eigenvalue weighted by atomic mass is 9.80. The van der Waals surface area contributed by atoms with Crippen molar-refractivity contribution in [2.24, 2.45) is 11.7 Å². The number of halogens is 2. The van der Waals surface area contributed by atoms with E-state index in [4.69, 9.17) is 38.4 Å². The number of carbonyl (C=O) groups excluding carboxylic acids is 1. The molecule has 2 unspecified atom stereocenters. The maximum absolute atomic E-state index is 12.3. The minimum absolute atomic E-state index is 0.210. The highest BCUT2D eigenvalue weighted by Crippen LogP contribution is 2.45. The van der Waals surface area contributed by atoms with Gasteiger partial charge in [0, 0.05) is 24.8 Å². The van der Waals surface area contributed by atoms with Crippen LogP contribution in [0.5, 0.6) is 0 Å². The maximum atomic E-state index is 12.3. The van der Waals surface area contributed by atoms with Crippen LogP contribution in [-0.2, 0) is 20.7 Å². The van der Waals surface area contributed by atoms with Crippen LogP contribution in [0, 0.1) is 5.92 Å². The first-order valence-electron chi connectivity index (χ1n) is 8.16. The fraction of sp³-hybridized carbons (Fsp3) is 0.588. The predicted octanol–water partition coefficient (Wildman–Crippen LogP) is 2.35. The molecule has 2 fully saturated rings. The van der Waals surface area contributed by atoms with Crippen LogP contribution in [-0.4, -0.2) is 35.4 Å². The Morgan fingerprint density at radius 2 is 1.96 bits per heavy atom. The van der Waals surface area contributed by atoms with E-state index < -0.39 is 10.2 Å². The van der Waals surface area contributed by atoms with Gasteiger partial charge >= 0.3 is 0 Å². The summed E-state index contributed by atoms with van der Waals surface area (Å²) in [6.45, 7) is 1.11. The Bertz CT molecular complexity index is 576. The Balaban J connectivity index is 1.65. The van der Waals surface area contributed by atoms with Crippen molar-refractivity contribution in [2.75, 3.05) is 13.2 Å². The Hall–Kier alpha value is -0.850. The van der Waals surface area contributed by atoms with Crippen molar-refractivity contribution in [3.8, 4) is 0 Å². The topological polar surface area (TPSA) is 73.6 Å². The molecule has 1 aliphatic carbocycles. The van der Waals surface area contributed by atoms with E-state index >= 15 is 0 Å². The number of carbonyl (C=O) groups is 1. The van der Waals surface area contributed by atoms with Gasteiger partial charge in [0.05, 0.1) is 19.6 Å². The van der Waals surface area contributed by atoms with Gasteiger partial charge in [-0.3, -0.25) is 4.79 Å². The van der Waals surface area contributed by atoms with E-state index in [2.05, 4.69) is 5.32 Å². The summed E-state index contributed by atoms with van der Waals surface area (Å²) in [4.78, 5) is 12.3. The first-order valence-corrected chi connectivity index (χ1v) is 8.92. The molecule has 1 aromatic carbocycles. The summed E-state index contributed by atoms with van der Waals surface area (Å²) in [5, 5.41) is 2.71. The van der Waals surface area contributed by atoms with Gasteiger partial charge in [-0.15, -0.1) is 0 Å². The summed E-state index contributed by atoms with van der Waals surface area (Å²) in [6.07, 6.45) is 2.07. The van der Waals surface area contributed by atoms with Crippen molar-refractivity contribution in [3.05, 3.63) is 35.9 Å². The molecule has 7 heteroatoms. The number of hydrogen-bond acceptors (Lipinski definition) is 4. The number of alkyl halides is 2. The predicted molar refractivity (Wildman–Crippen MR) is 92.7 cm³/mol. The third-order valence-corrected chi connectivity index (χ3v) is 5.45. The molecule has 2 atom stereocenters. The molecule has 0 bridgehead atoms. The maximum Gasteiger partial charge on any atom is 0.226 e. The fourth-order valence-electron chi connectivity index (χ4n) is 3.44. The smallest absolute Gasteiger partial charge is 0.226 e. The lowest BCUT2D eigenvalue weighted by molar-refractivity contribution is -0.191. The van der Waals surface area contributed by atoms with Crippen LogP contribution in [0.1, 0.15) is 24.8 Å². The quantitative estimate of drug-likeness (QED) is 0.628. The zero-order valence-corrected chi connectivity index (χ0v) is 14.9. The molecular formula is C17H22Cl2N2O3. The van der Waals surface area contributed by atoms with Gasteiger partial charge in [-0.1, -0.05) is 53.5 Å². The molecule has 0 aromatic heterocycles. The monoisotopic (exact) mass is 372 g/mol. The summed E-state index contributed by atoms with van der Waals surface area (Å²) in [6, 6.07) is 9.20. The lowest BCUT2D eigenvalue weighted by Crippen LogP contribution is -2.57. The second-order valence-electron chi connectivity index (χ2n) is 6.45. The van der Waals surface area contributed by atoms with Crippen LogP contribution in [0.4, 0.5) is 0 Å². The molecule has 2 aliphatic rings. The molecule has 1 saturated carbocycles. The van der Waals surface area contributed by atoms with Crippen LogP contribution in [0.25, 0.3) is 0 Å². The second-order valence-corrected chi connectivity index (χ2v) is 7.84. The molecule has 24 heavy (non-hydrogen) atoms. The van der Waals surface area contributed by atoms with Gasteiger partial charge in [0.1, 0.15) is 0 Å². The molecule has 1 spiro atoms. The van der Waals surface area contributed by atoms with E-state index in [0.29, 0.717) is 32.5 Å². The van der Waals surface area contributed by atoms with Gasteiger partial charge in [-0.05, 0) is 12.0 Å². The van der Waals surface area contributed by atoms with E-state index in [1.807, 2.05) is 30.3 Å². The lowest BCUT2D eigenvalue weighted by Gasteiger charge is -2.44. The molecule has 1 saturated heterocycles. The van der Waals surface area contributed by atoms with E-state index in [-0.39, 0.29) is 24.3 Å². The first-order chi connectivity index (χ1) is 11.4. The Labute approximate surface area is 151 Å². The highest BCUT2D eigenvalue weighted by atomic mass is 35.5. The van der Waals surface area contributed by atoms with Gasteiger partial charge in [-0.25, -0.2) is 0 Å². The molecule has 1 heterocycles. The van der Waals surface area contributed by atoms with Crippen LogP contribution >= 0.6 is 23.2 Å². The van der Waals surface area contributed by atoms with Crippen molar-refractivity contribution in [1.82, 2.24) is 5.32 Å². The molecular weight excluding hydrogens is 351 g/mol. The highest BCUT2D eigenvalue weighted by molar-refractivity contribution is 6.49. The molecule has 132 valence electrons. The van der Waals surface area contributed by atoms with E-state index in [1.54, 1.807) is 0 Å². The third kappa shape index (κ3) is 4.03. The van der Waals surface area contributed by atoms with Crippen molar-refractivity contribution in [1.29, 1.82) is 0 Å². The molecule has 0 radical (unpaired) electrons. The Morgan fingerprint density at radius 3 is 2.62 bits per heavy atom. The summed E-state index contributed by atoms with van der Waals surface area (Å²) in [5.74, 6) is -1.27. The van der Waals surface area contributed by atoms with Gasteiger partial charge in [-0.2, -0.15) is 0 Å². The standard InChI is InChI=1S/C17H22Cl2N2O3/c18-17(19,21-15(22)10-12-4-2-1-3-5-12)13-11-16(7-6-14(13)20)23-8-9-24-16/h1-5,13-14H,6-11,20H2,(H,21,22). The van der Waals surface area contributed by atoms with Crippen molar-refractivity contribution in [3.63, 3.8) is 0 Å². The van der Waals surface area contributed by atoms with Crippen molar-refractivity contribution < 1.29 is 14.3 Å². The summed E-state index contributed by atoms with van der Waals surface area (Å²) in [7, 11) is 0. The number of hydrogen-bond donors (Lipinski definition) is 2. The zero-order valence-electron chi connectivity index (χ0n) is 13.3. The zero-order chi connectivity index (χ0) is 17.2. The number of rotatable bonds is 4. The summed E-state index contributed by atoms with van der Waals surface area (Å²) >= 11 is 13.0. The molecule has 3 N–H and O–H groups in total. The Morgan fingerprint density at radius 1 is 1.29 bits per heavy atom. The minimum Gasteiger partial charge on any atom is -0.348 e. The first kappa shape index (κ1) is 18.0. The SMILES string of the molecule is NC1CCC2(CC1C(Cl)(Cl)NC(=O)Cc1ccccc1)OCCO2. The van der Waals surface area contributed by atoms with Gasteiger partial charge in [0.15, 0.2) is 10.2 Å². The van der Waals surface area contributed by atoms with Crippen LogP contribution in [0.15, 0.2) is 30.3 Å². The van der Waals surface area contributed by atoms with Gasteiger partial charge in [0.2, 0.25) is 5.91 Å².